The van der Waals surface area contributed by atoms with E-state index in [9.17, 15) is 5.26 Å². The first kappa shape index (κ1) is 10.2. The molecule has 0 heterocycles. The van der Waals surface area contributed by atoms with E-state index in [-0.39, 0.29) is 5.41 Å². The monoisotopic (exact) mass is 199 g/mol. The van der Waals surface area contributed by atoms with Crippen LogP contribution in [0.25, 0.3) is 0 Å². The third-order valence-corrected chi connectivity index (χ3v) is 3.87. The zero-order valence-corrected chi connectivity index (χ0v) is 9.46. The summed E-state index contributed by atoms with van der Waals surface area (Å²) in [4.78, 5) is 0. The van der Waals surface area contributed by atoms with E-state index < -0.39 is 0 Å². The molecular formula is C14H17N. The zero-order valence-electron chi connectivity index (χ0n) is 9.46. The minimum Gasteiger partial charge on any atom is -0.197 e. The highest BCUT2D eigenvalue weighted by Crippen LogP contribution is 2.45. The number of hydrogen-bond donors (Lipinski definition) is 0. The van der Waals surface area contributed by atoms with Crippen molar-refractivity contribution in [1.29, 1.82) is 5.26 Å². The minimum absolute atomic E-state index is 0.217. The van der Waals surface area contributed by atoms with Crippen LogP contribution in [-0.4, -0.2) is 0 Å². The van der Waals surface area contributed by atoms with Crippen molar-refractivity contribution in [3.63, 3.8) is 0 Å². The average molecular weight is 199 g/mol. The van der Waals surface area contributed by atoms with E-state index in [4.69, 9.17) is 0 Å². The molecule has 0 aromatic heterocycles. The normalized spacial score (nSPS) is 30.1. The van der Waals surface area contributed by atoms with Crippen LogP contribution in [0.3, 0.4) is 0 Å². The summed E-state index contributed by atoms with van der Waals surface area (Å²) in [5.74, 6) is 0.489. The second-order valence-corrected chi connectivity index (χ2v) is 4.69. The van der Waals surface area contributed by atoms with Crippen molar-refractivity contribution < 1.29 is 0 Å². The number of hydrogen-bond acceptors (Lipinski definition) is 1. The number of rotatable bonds is 1. The van der Waals surface area contributed by atoms with Crippen molar-refractivity contribution in [3.8, 4) is 6.07 Å². The molecule has 1 aliphatic carbocycles. The molecule has 0 saturated heterocycles. The molecule has 0 spiro atoms. The summed E-state index contributed by atoms with van der Waals surface area (Å²) < 4.78 is 0. The molecule has 1 aromatic carbocycles. The fraction of sp³-hybridized carbons (Fsp3) is 0.500. The van der Waals surface area contributed by atoms with E-state index in [1.807, 2.05) is 12.1 Å². The summed E-state index contributed by atoms with van der Waals surface area (Å²) in [5, 5.41) is 9.51. The molecule has 1 saturated carbocycles. The molecule has 15 heavy (non-hydrogen) atoms. The molecule has 1 nitrogen and oxygen atoms in total. The lowest BCUT2D eigenvalue weighted by atomic mass is 9.73. The molecule has 0 amide bonds. The molecule has 0 radical (unpaired) electrons. The van der Waals surface area contributed by atoms with Crippen LogP contribution in [0.2, 0.25) is 0 Å². The molecule has 1 heteroatoms. The van der Waals surface area contributed by atoms with Crippen molar-refractivity contribution in [2.45, 2.75) is 38.5 Å². The lowest BCUT2D eigenvalue weighted by Gasteiger charge is -2.28. The number of benzene rings is 1. The Labute approximate surface area is 91.7 Å². The molecule has 0 N–H and O–H groups in total. The summed E-state index contributed by atoms with van der Waals surface area (Å²) in [6.07, 6.45) is 3.39. The number of nitrogens with zero attached hydrogens (tertiary/aromatic N) is 1. The van der Waals surface area contributed by atoms with Crippen LogP contribution in [-0.2, 0) is 5.41 Å². The van der Waals surface area contributed by atoms with Crippen LogP contribution in [0.4, 0.5) is 0 Å². The zero-order chi connectivity index (χ0) is 10.9. The fourth-order valence-electron chi connectivity index (χ4n) is 2.88. The van der Waals surface area contributed by atoms with E-state index in [0.29, 0.717) is 5.92 Å². The van der Waals surface area contributed by atoms with Gasteiger partial charge in [0, 0.05) is 0 Å². The van der Waals surface area contributed by atoms with Gasteiger partial charge in [0.05, 0.1) is 11.5 Å². The first-order valence-electron chi connectivity index (χ1n) is 5.68. The molecule has 1 aromatic rings. The maximum atomic E-state index is 9.51. The van der Waals surface area contributed by atoms with Crippen LogP contribution in [0.15, 0.2) is 24.3 Å². The van der Waals surface area contributed by atoms with Crippen molar-refractivity contribution in [3.05, 3.63) is 35.4 Å². The summed E-state index contributed by atoms with van der Waals surface area (Å²) in [6, 6.07) is 10.9. The van der Waals surface area contributed by atoms with Crippen molar-refractivity contribution in [1.82, 2.24) is 0 Å². The van der Waals surface area contributed by atoms with Crippen molar-refractivity contribution in [2.75, 3.05) is 0 Å². The quantitative estimate of drug-likeness (QED) is 0.678. The van der Waals surface area contributed by atoms with Gasteiger partial charge in [-0.25, -0.2) is 0 Å². The third kappa shape index (κ3) is 1.45. The summed E-state index contributed by atoms with van der Waals surface area (Å²) in [5.41, 5.74) is 2.29. The Morgan fingerprint density at radius 2 is 2.13 bits per heavy atom. The first-order chi connectivity index (χ1) is 7.20. The van der Waals surface area contributed by atoms with E-state index in [1.54, 1.807) is 0 Å². The largest absolute Gasteiger partial charge is 0.197 e. The molecule has 1 aliphatic rings. The Morgan fingerprint density at radius 1 is 1.40 bits per heavy atom. The van der Waals surface area contributed by atoms with Gasteiger partial charge in [-0.15, -0.1) is 0 Å². The van der Waals surface area contributed by atoms with E-state index in [0.717, 1.165) is 6.42 Å². The van der Waals surface area contributed by atoms with Crippen LogP contribution >= 0.6 is 0 Å². The van der Waals surface area contributed by atoms with Gasteiger partial charge in [0.2, 0.25) is 0 Å². The van der Waals surface area contributed by atoms with Gasteiger partial charge in [-0.05, 0) is 36.8 Å². The second kappa shape index (κ2) is 3.70. The summed E-state index contributed by atoms with van der Waals surface area (Å²) in [6.45, 7) is 4.32. The Kier molecular flexibility index (Phi) is 2.52. The SMILES string of the molecule is Cc1ccccc1C1(C#N)CCCC1C. The Balaban J connectivity index is 2.53. The van der Waals surface area contributed by atoms with Gasteiger partial charge < -0.3 is 0 Å². The standard InChI is InChI=1S/C14H17N/c1-11-6-3-4-8-13(11)14(10-15)9-5-7-12(14)2/h3-4,6,8,12H,5,7,9H2,1-2H3. The highest BCUT2D eigenvalue weighted by molar-refractivity contribution is 5.40. The van der Waals surface area contributed by atoms with Gasteiger partial charge in [0.15, 0.2) is 0 Å². The molecule has 0 aliphatic heterocycles. The van der Waals surface area contributed by atoms with Gasteiger partial charge in [-0.2, -0.15) is 5.26 Å². The van der Waals surface area contributed by atoms with Gasteiger partial charge in [0.1, 0.15) is 0 Å². The van der Waals surface area contributed by atoms with Gasteiger partial charge in [0.25, 0.3) is 0 Å². The molecule has 2 atom stereocenters. The highest BCUT2D eigenvalue weighted by atomic mass is 14.5. The smallest absolute Gasteiger partial charge is 0.0850 e. The maximum absolute atomic E-state index is 9.51. The van der Waals surface area contributed by atoms with Crippen LogP contribution in [0, 0.1) is 24.2 Å². The van der Waals surface area contributed by atoms with Gasteiger partial charge >= 0.3 is 0 Å². The Morgan fingerprint density at radius 3 is 2.67 bits per heavy atom. The highest BCUT2D eigenvalue weighted by Gasteiger charge is 2.42. The summed E-state index contributed by atoms with van der Waals surface area (Å²) >= 11 is 0. The van der Waals surface area contributed by atoms with Crippen LogP contribution in [0.1, 0.15) is 37.3 Å². The summed E-state index contributed by atoms with van der Waals surface area (Å²) in [7, 11) is 0. The lowest BCUT2D eigenvalue weighted by Crippen LogP contribution is -2.27. The predicted molar refractivity (Wildman–Crippen MR) is 61.5 cm³/mol. The van der Waals surface area contributed by atoms with Crippen LogP contribution < -0.4 is 0 Å². The first-order valence-corrected chi connectivity index (χ1v) is 5.68. The van der Waals surface area contributed by atoms with Crippen LogP contribution in [0.5, 0.6) is 0 Å². The minimum atomic E-state index is -0.217. The second-order valence-electron chi connectivity index (χ2n) is 4.69. The van der Waals surface area contributed by atoms with Crippen molar-refractivity contribution >= 4 is 0 Å². The molecule has 78 valence electrons. The number of nitriles is 1. The molecule has 2 rings (SSSR count). The Hall–Kier alpha value is -1.29. The molecule has 1 fully saturated rings. The van der Waals surface area contributed by atoms with Gasteiger partial charge in [-0.3, -0.25) is 0 Å². The molecular weight excluding hydrogens is 182 g/mol. The third-order valence-electron chi connectivity index (χ3n) is 3.87. The predicted octanol–water partition coefficient (Wildman–Crippen LogP) is 3.58. The molecule has 2 unspecified atom stereocenters. The number of aryl methyl sites for hydroxylation is 1. The topological polar surface area (TPSA) is 23.8 Å². The fourth-order valence-corrected chi connectivity index (χ4v) is 2.88. The van der Waals surface area contributed by atoms with E-state index >= 15 is 0 Å². The average Bonchev–Trinajstić information content (AvgIpc) is 2.61. The maximum Gasteiger partial charge on any atom is 0.0850 e. The van der Waals surface area contributed by atoms with Crippen molar-refractivity contribution in [2.24, 2.45) is 5.92 Å². The van der Waals surface area contributed by atoms with E-state index in [2.05, 4.69) is 32.0 Å². The Bertz CT molecular complexity index is 402. The van der Waals surface area contributed by atoms with E-state index in [1.165, 1.54) is 24.0 Å². The van der Waals surface area contributed by atoms with Gasteiger partial charge in [-0.1, -0.05) is 37.6 Å². The molecule has 0 bridgehead atoms. The lowest BCUT2D eigenvalue weighted by molar-refractivity contribution is 0.429.